The molecule has 2 rings (SSSR count). The number of nitrogens with zero attached hydrogens (tertiary/aromatic N) is 1. The molecular formula is C16H22N2O. The van der Waals surface area contributed by atoms with E-state index in [1.807, 2.05) is 13.8 Å². The lowest BCUT2D eigenvalue weighted by atomic mass is 9.94. The first kappa shape index (κ1) is 13.9. The van der Waals surface area contributed by atoms with Gasteiger partial charge in [0, 0.05) is 6.04 Å². The van der Waals surface area contributed by atoms with Crippen molar-refractivity contribution >= 4 is 0 Å². The van der Waals surface area contributed by atoms with Crippen molar-refractivity contribution in [2.45, 2.75) is 51.2 Å². The van der Waals surface area contributed by atoms with Gasteiger partial charge in [0.25, 0.3) is 0 Å². The topological polar surface area (TPSA) is 45.0 Å². The first-order valence-corrected chi connectivity index (χ1v) is 7.07. The van der Waals surface area contributed by atoms with Gasteiger partial charge in [0.15, 0.2) is 0 Å². The molecule has 1 aliphatic carbocycles. The van der Waals surface area contributed by atoms with Crippen molar-refractivity contribution < 1.29 is 4.74 Å². The summed E-state index contributed by atoms with van der Waals surface area (Å²) >= 11 is 0. The van der Waals surface area contributed by atoms with Crippen LogP contribution in [0.4, 0.5) is 0 Å². The average molecular weight is 258 g/mol. The van der Waals surface area contributed by atoms with Crippen LogP contribution in [0.3, 0.4) is 0 Å². The summed E-state index contributed by atoms with van der Waals surface area (Å²) in [5.74, 6) is 1.46. The molecule has 0 aromatic heterocycles. The van der Waals surface area contributed by atoms with E-state index < -0.39 is 0 Å². The van der Waals surface area contributed by atoms with E-state index in [0.29, 0.717) is 18.5 Å². The Kier molecular flexibility index (Phi) is 4.81. The van der Waals surface area contributed by atoms with Crippen molar-refractivity contribution in [2.75, 3.05) is 6.54 Å². The number of hydrogen-bond acceptors (Lipinski definition) is 3. The molecule has 0 spiro atoms. The Hall–Kier alpha value is -1.53. The zero-order chi connectivity index (χ0) is 13.7. The Morgan fingerprint density at radius 3 is 2.68 bits per heavy atom. The Morgan fingerprint density at radius 2 is 2.05 bits per heavy atom. The van der Waals surface area contributed by atoms with Crippen molar-refractivity contribution in [2.24, 2.45) is 0 Å². The fourth-order valence-electron chi connectivity index (χ4n) is 2.85. The highest BCUT2D eigenvalue weighted by molar-refractivity contribution is 5.31. The van der Waals surface area contributed by atoms with Crippen LogP contribution in [0.25, 0.3) is 0 Å². The highest BCUT2D eigenvalue weighted by Gasteiger charge is 2.27. The fraction of sp³-hybridized carbons (Fsp3) is 0.562. The van der Waals surface area contributed by atoms with E-state index in [4.69, 9.17) is 10.00 Å². The summed E-state index contributed by atoms with van der Waals surface area (Å²) in [6, 6.07) is 11.0. The molecular weight excluding hydrogens is 236 g/mol. The predicted octanol–water partition coefficient (Wildman–Crippen LogP) is 3.22. The first-order valence-electron chi connectivity index (χ1n) is 7.07. The standard InChI is InChI=1S/C16H22N2O/c1-12(2)19-14-8-6-13(7-9-14)15-4-3-5-16(15)18-11-10-17/h6-9,12,15-16,18H,3-5,11H2,1-2H3/t15-,16+/m0/s1. The van der Waals surface area contributed by atoms with Crippen LogP contribution in [0.1, 0.15) is 44.6 Å². The lowest BCUT2D eigenvalue weighted by molar-refractivity contribution is 0.242. The van der Waals surface area contributed by atoms with Gasteiger partial charge in [-0.2, -0.15) is 5.26 Å². The Morgan fingerprint density at radius 1 is 1.32 bits per heavy atom. The summed E-state index contributed by atoms with van der Waals surface area (Å²) in [6.45, 7) is 4.51. The summed E-state index contributed by atoms with van der Waals surface area (Å²) in [5, 5.41) is 12.0. The van der Waals surface area contributed by atoms with Crippen LogP contribution >= 0.6 is 0 Å². The third-order valence-corrected chi connectivity index (χ3v) is 3.64. The maximum absolute atomic E-state index is 8.67. The molecule has 0 radical (unpaired) electrons. The van der Waals surface area contributed by atoms with E-state index in [9.17, 15) is 0 Å². The molecule has 3 heteroatoms. The molecule has 0 bridgehead atoms. The van der Waals surface area contributed by atoms with E-state index >= 15 is 0 Å². The number of rotatable bonds is 5. The fourth-order valence-corrected chi connectivity index (χ4v) is 2.85. The predicted molar refractivity (Wildman–Crippen MR) is 76.2 cm³/mol. The van der Waals surface area contributed by atoms with Gasteiger partial charge in [-0.1, -0.05) is 18.6 Å². The normalized spacial score (nSPS) is 22.4. The third kappa shape index (κ3) is 3.71. The SMILES string of the molecule is CC(C)Oc1ccc([C@@H]2CCC[C@H]2NCC#N)cc1. The van der Waals surface area contributed by atoms with E-state index in [1.54, 1.807) is 0 Å². The molecule has 19 heavy (non-hydrogen) atoms. The smallest absolute Gasteiger partial charge is 0.119 e. The van der Waals surface area contributed by atoms with Gasteiger partial charge in [-0.25, -0.2) is 0 Å². The van der Waals surface area contributed by atoms with Gasteiger partial charge in [-0.15, -0.1) is 0 Å². The minimum Gasteiger partial charge on any atom is -0.491 e. The maximum Gasteiger partial charge on any atom is 0.119 e. The second-order valence-electron chi connectivity index (χ2n) is 5.42. The van der Waals surface area contributed by atoms with E-state index in [-0.39, 0.29) is 6.10 Å². The summed E-state index contributed by atoms with van der Waals surface area (Å²) in [5.41, 5.74) is 1.35. The lowest BCUT2D eigenvalue weighted by Crippen LogP contribution is -2.31. The van der Waals surface area contributed by atoms with E-state index in [0.717, 1.165) is 12.2 Å². The largest absolute Gasteiger partial charge is 0.491 e. The van der Waals surface area contributed by atoms with Gasteiger partial charge in [-0.3, -0.25) is 0 Å². The van der Waals surface area contributed by atoms with Crippen molar-refractivity contribution in [1.82, 2.24) is 5.32 Å². The summed E-state index contributed by atoms with van der Waals surface area (Å²) in [6.07, 6.45) is 3.81. The molecule has 3 nitrogen and oxygen atoms in total. The van der Waals surface area contributed by atoms with Crippen LogP contribution < -0.4 is 10.1 Å². The summed E-state index contributed by atoms with van der Waals surface area (Å²) in [7, 11) is 0. The van der Waals surface area contributed by atoms with Crippen molar-refractivity contribution in [1.29, 1.82) is 5.26 Å². The number of benzene rings is 1. The molecule has 0 unspecified atom stereocenters. The van der Waals surface area contributed by atoms with Crippen LogP contribution in [0.5, 0.6) is 5.75 Å². The van der Waals surface area contributed by atoms with Crippen LogP contribution in [-0.4, -0.2) is 18.7 Å². The van der Waals surface area contributed by atoms with Crippen LogP contribution in [0.15, 0.2) is 24.3 Å². The monoisotopic (exact) mass is 258 g/mol. The minimum absolute atomic E-state index is 0.211. The first-order chi connectivity index (χ1) is 9.20. The molecule has 1 fully saturated rings. The second kappa shape index (κ2) is 6.58. The molecule has 102 valence electrons. The van der Waals surface area contributed by atoms with Crippen LogP contribution in [0.2, 0.25) is 0 Å². The third-order valence-electron chi connectivity index (χ3n) is 3.64. The quantitative estimate of drug-likeness (QED) is 0.825. The zero-order valence-corrected chi connectivity index (χ0v) is 11.7. The molecule has 0 saturated heterocycles. The average Bonchev–Trinajstić information content (AvgIpc) is 2.85. The number of nitriles is 1. The van der Waals surface area contributed by atoms with Crippen molar-refractivity contribution in [3.8, 4) is 11.8 Å². The Bertz CT molecular complexity index is 433. The van der Waals surface area contributed by atoms with Gasteiger partial charge < -0.3 is 10.1 Å². The highest BCUT2D eigenvalue weighted by Crippen LogP contribution is 2.35. The molecule has 1 saturated carbocycles. The molecule has 0 aliphatic heterocycles. The number of nitrogens with one attached hydrogen (secondary N) is 1. The van der Waals surface area contributed by atoms with Gasteiger partial charge in [0.05, 0.1) is 18.7 Å². The van der Waals surface area contributed by atoms with Gasteiger partial charge in [0.1, 0.15) is 5.75 Å². The van der Waals surface area contributed by atoms with Gasteiger partial charge >= 0.3 is 0 Å². The van der Waals surface area contributed by atoms with Gasteiger partial charge in [0.2, 0.25) is 0 Å². The lowest BCUT2D eigenvalue weighted by Gasteiger charge is -2.20. The summed E-state index contributed by atoms with van der Waals surface area (Å²) < 4.78 is 5.66. The van der Waals surface area contributed by atoms with Crippen LogP contribution in [0, 0.1) is 11.3 Å². The molecule has 1 aliphatic rings. The van der Waals surface area contributed by atoms with E-state index in [1.165, 1.54) is 18.4 Å². The van der Waals surface area contributed by atoms with E-state index in [2.05, 4.69) is 35.7 Å². The molecule has 1 aromatic rings. The minimum atomic E-state index is 0.211. The molecule has 1 N–H and O–H groups in total. The number of ether oxygens (including phenoxy) is 1. The number of hydrogen-bond donors (Lipinski definition) is 1. The highest BCUT2D eigenvalue weighted by atomic mass is 16.5. The van der Waals surface area contributed by atoms with Gasteiger partial charge in [-0.05, 0) is 50.3 Å². The van der Waals surface area contributed by atoms with Crippen LogP contribution in [-0.2, 0) is 0 Å². The van der Waals surface area contributed by atoms with Crippen molar-refractivity contribution in [3.05, 3.63) is 29.8 Å². The zero-order valence-electron chi connectivity index (χ0n) is 11.7. The maximum atomic E-state index is 8.67. The second-order valence-corrected chi connectivity index (χ2v) is 5.42. The molecule has 2 atom stereocenters. The van der Waals surface area contributed by atoms with Crippen molar-refractivity contribution in [3.63, 3.8) is 0 Å². The summed E-state index contributed by atoms with van der Waals surface area (Å²) in [4.78, 5) is 0. The Balaban J connectivity index is 2.02. The Labute approximate surface area is 115 Å². The molecule has 0 amide bonds. The molecule has 0 heterocycles. The molecule has 1 aromatic carbocycles.